The summed E-state index contributed by atoms with van der Waals surface area (Å²) in [6, 6.07) is 7.69. The molecule has 1 fully saturated rings. The summed E-state index contributed by atoms with van der Waals surface area (Å²) in [6.45, 7) is 5.35. The number of rotatable bonds is 5. The number of aromatic nitrogens is 1. The monoisotopic (exact) mass is 287 g/mol. The van der Waals surface area contributed by atoms with Crippen molar-refractivity contribution in [3.05, 3.63) is 36.0 Å². The summed E-state index contributed by atoms with van der Waals surface area (Å²) in [5.74, 6) is 0.00202. The molecule has 0 bridgehead atoms. The standard InChI is InChI=1S/C16H21N3O2/c20-16(14-3-1-4-15-13(14)5-7-17-15)18-6-2-8-19-9-11-21-12-10-19/h1,3-5,7,17H,2,6,8-12H2,(H,18,20). The Morgan fingerprint density at radius 3 is 3.00 bits per heavy atom. The summed E-state index contributed by atoms with van der Waals surface area (Å²) in [5.41, 5.74) is 1.73. The Hall–Kier alpha value is -1.85. The summed E-state index contributed by atoms with van der Waals surface area (Å²) >= 11 is 0. The van der Waals surface area contributed by atoms with Crippen molar-refractivity contribution >= 4 is 16.8 Å². The molecule has 2 heterocycles. The van der Waals surface area contributed by atoms with E-state index in [-0.39, 0.29) is 5.91 Å². The van der Waals surface area contributed by atoms with Crippen molar-refractivity contribution in [3.63, 3.8) is 0 Å². The van der Waals surface area contributed by atoms with Crippen LogP contribution in [0.2, 0.25) is 0 Å². The van der Waals surface area contributed by atoms with Crippen LogP contribution in [0.1, 0.15) is 16.8 Å². The third-order valence-electron chi connectivity index (χ3n) is 3.88. The minimum atomic E-state index is 0.00202. The number of benzene rings is 1. The van der Waals surface area contributed by atoms with Gasteiger partial charge in [-0.25, -0.2) is 0 Å². The smallest absolute Gasteiger partial charge is 0.251 e. The molecule has 1 aromatic heterocycles. The van der Waals surface area contributed by atoms with Crippen molar-refractivity contribution in [3.8, 4) is 0 Å². The molecule has 21 heavy (non-hydrogen) atoms. The third-order valence-corrected chi connectivity index (χ3v) is 3.88. The predicted octanol–water partition coefficient (Wildman–Crippen LogP) is 1.62. The van der Waals surface area contributed by atoms with Crippen LogP contribution in [0, 0.1) is 0 Å². The van der Waals surface area contributed by atoms with Crippen molar-refractivity contribution in [1.82, 2.24) is 15.2 Å². The molecular weight excluding hydrogens is 266 g/mol. The van der Waals surface area contributed by atoms with Gasteiger partial charge in [0.15, 0.2) is 0 Å². The lowest BCUT2D eigenvalue weighted by molar-refractivity contribution is 0.0374. The number of aromatic amines is 1. The fourth-order valence-corrected chi connectivity index (χ4v) is 2.71. The zero-order valence-electron chi connectivity index (χ0n) is 12.1. The number of amides is 1. The first kappa shape index (κ1) is 14.1. The van der Waals surface area contributed by atoms with E-state index in [0.29, 0.717) is 6.54 Å². The number of ether oxygens (including phenoxy) is 1. The molecule has 1 aromatic carbocycles. The van der Waals surface area contributed by atoms with E-state index in [4.69, 9.17) is 4.74 Å². The summed E-state index contributed by atoms with van der Waals surface area (Å²) < 4.78 is 5.32. The summed E-state index contributed by atoms with van der Waals surface area (Å²) in [5, 5.41) is 3.98. The van der Waals surface area contributed by atoms with Crippen molar-refractivity contribution in [1.29, 1.82) is 0 Å². The normalized spacial score (nSPS) is 16.2. The van der Waals surface area contributed by atoms with Gasteiger partial charge in [0, 0.05) is 42.3 Å². The lowest BCUT2D eigenvalue weighted by atomic mass is 10.1. The van der Waals surface area contributed by atoms with Crippen molar-refractivity contribution in [2.24, 2.45) is 0 Å². The molecule has 1 amide bonds. The molecule has 1 aliphatic rings. The maximum Gasteiger partial charge on any atom is 0.251 e. The molecule has 0 spiro atoms. The van der Waals surface area contributed by atoms with Crippen LogP contribution < -0.4 is 5.32 Å². The number of H-pyrrole nitrogens is 1. The molecular formula is C16H21N3O2. The Kier molecular flexibility index (Phi) is 4.52. The molecule has 1 aliphatic heterocycles. The highest BCUT2D eigenvalue weighted by atomic mass is 16.5. The molecule has 2 N–H and O–H groups in total. The third kappa shape index (κ3) is 3.43. The zero-order chi connectivity index (χ0) is 14.5. The Labute approximate surface area is 124 Å². The van der Waals surface area contributed by atoms with Crippen LogP contribution >= 0.6 is 0 Å². The number of carbonyl (C=O) groups is 1. The van der Waals surface area contributed by atoms with Crippen LogP contribution in [0.5, 0.6) is 0 Å². The number of hydrogen-bond donors (Lipinski definition) is 2. The summed E-state index contributed by atoms with van der Waals surface area (Å²) in [4.78, 5) is 17.8. The minimum absolute atomic E-state index is 0.00202. The van der Waals surface area contributed by atoms with Gasteiger partial charge in [0.05, 0.1) is 13.2 Å². The zero-order valence-corrected chi connectivity index (χ0v) is 12.1. The van der Waals surface area contributed by atoms with Gasteiger partial charge in [-0.3, -0.25) is 9.69 Å². The van der Waals surface area contributed by atoms with E-state index in [1.165, 1.54) is 0 Å². The SMILES string of the molecule is O=C(NCCCN1CCOCC1)c1cccc2[nH]ccc12. The Bertz CT molecular complexity index is 602. The molecule has 0 unspecified atom stereocenters. The number of nitrogens with zero attached hydrogens (tertiary/aromatic N) is 1. The van der Waals surface area contributed by atoms with E-state index in [1.807, 2.05) is 30.5 Å². The fraction of sp³-hybridized carbons (Fsp3) is 0.438. The van der Waals surface area contributed by atoms with Gasteiger partial charge in [0.2, 0.25) is 0 Å². The highest BCUT2D eigenvalue weighted by Gasteiger charge is 2.11. The number of nitrogens with one attached hydrogen (secondary N) is 2. The van der Waals surface area contributed by atoms with E-state index in [9.17, 15) is 4.79 Å². The lowest BCUT2D eigenvalue weighted by Gasteiger charge is -2.26. The van der Waals surface area contributed by atoms with Crippen LogP contribution in [0.3, 0.4) is 0 Å². The number of fused-ring (bicyclic) bond motifs is 1. The first-order valence-corrected chi connectivity index (χ1v) is 7.49. The van der Waals surface area contributed by atoms with Gasteiger partial charge in [-0.1, -0.05) is 6.07 Å². The van der Waals surface area contributed by atoms with E-state index >= 15 is 0 Å². The molecule has 0 saturated carbocycles. The van der Waals surface area contributed by atoms with Gasteiger partial charge in [-0.15, -0.1) is 0 Å². The molecule has 0 aliphatic carbocycles. The van der Waals surface area contributed by atoms with Crippen LogP contribution in [0.25, 0.3) is 10.9 Å². The second-order valence-electron chi connectivity index (χ2n) is 5.31. The van der Waals surface area contributed by atoms with E-state index < -0.39 is 0 Å². The second kappa shape index (κ2) is 6.74. The van der Waals surface area contributed by atoms with Gasteiger partial charge in [-0.2, -0.15) is 0 Å². The van der Waals surface area contributed by atoms with Gasteiger partial charge < -0.3 is 15.0 Å². The van der Waals surface area contributed by atoms with E-state index in [0.717, 1.165) is 55.7 Å². The Balaban J connectivity index is 1.49. The van der Waals surface area contributed by atoms with E-state index in [1.54, 1.807) is 0 Å². The number of carbonyl (C=O) groups excluding carboxylic acids is 1. The first-order valence-electron chi connectivity index (χ1n) is 7.49. The van der Waals surface area contributed by atoms with Crippen molar-refractivity contribution in [2.45, 2.75) is 6.42 Å². The maximum absolute atomic E-state index is 12.2. The van der Waals surface area contributed by atoms with Gasteiger partial charge in [-0.05, 0) is 31.2 Å². The molecule has 3 rings (SSSR count). The largest absolute Gasteiger partial charge is 0.379 e. The minimum Gasteiger partial charge on any atom is -0.379 e. The maximum atomic E-state index is 12.2. The van der Waals surface area contributed by atoms with Gasteiger partial charge >= 0.3 is 0 Å². The van der Waals surface area contributed by atoms with Crippen LogP contribution in [0.4, 0.5) is 0 Å². The molecule has 5 heteroatoms. The molecule has 1 saturated heterocycles. The molecule has 112 valence electrons. The average Bonchev–Trinajstić information content (AvgIpc) is 3.01. The Morgan fingerprint density at radius 2 is 2.14 bits per heavy atom. The molecule has 2 aromatic rings. The summed E-state index contributed by atoms with van der Waals surface area (Å²) in [7, 11) is 0. The highest BCUT2D eigenvalue weighted by Crippen LogP contribution is 2.17. The lowest BCUT2D eigenvalue weighted by Crippen LogP contribution is -2.38. The molecule has 0 atom stereocenters. The quantitative estimate of drug-likeness (QED) is 0.822. The second-order valence-corrected chi connectivity index (χ2v) is 5.31. The molecule has 0 radical (unpaired) electrons. The summed E-state index contributed by atoms with van der Waals surface area (Å²) in [6.07, 6.45) is 2.83. The van der Waals surface area contributed by atoms with Crippen LogP contribution in [-0.2, 0) is 4.74 Å². The van der Waals surface area contributed by atoms with Gasteiger partial charge in [0.25, 0.3) is 5.91 Å². The topological polar surface area (TPSA) is 57.4 Å². The van der Waals surface area contributed by atoms with Crippen molar-refractivity contribution < 1.29 is 9.53 Å². The van der Waals surface area contributed by atoms with E-state index in [2.05, 4.69) is 15.2 Å². The first-order chi connectivity index (χ1) is 10.3. The average molecular weight is 287 g/mol. The van der Waals surface area contributed by atoms with Crippen LogP contribution in [-0.4, -0.2) is 55.2 Å². The molecule has 5 nitrogen and oxygen atoms in total. The fourth-order valence-electron chi connectivity index (χ4n) is 2.71. The highest BCUT2D eigenvalue weighted by molar-refractivity contribution is 6.06. The number of morpholine rings is 1. The van der Waals surface area contributed by atoms with Gasteiger partial charge in [0.1, 0.15) is 0 Å². The van der Waals surface area contributed by atoms with Crippen LogP contribution in [0.15, 0.2) is 30.5 Å². The predicted molar refractivity (Wildman–Crippen MR) is 82.5 cm³/mol. The Morgan fingerprint density at radius 1 is 1.29 bits per heavy atom. The van der Waals surface area contributed by atoms with Crippen molar-refractivity contribution in [2.75, 3.05) is 39.4 Å². The number of hydrogen-bond acceptors (Lipinski definition) is 3.